The molecule has 1 unspecified atom stereocenters. The molecule has 3 heteroatoms. The van der Waals surface area contributed by atoms with E-state index in [4.69, 9.17) is 9.47 Å². The van der Waals surface area contributed by atoms with Crippen LogP contribution in [0.15, 0.2) is 72.8 Å². The number of anilines is 1. The zero-order chi connectivity index (χ0) is 24.0. The minimum Gasteiger partial charge on any atom is -0.496 e. The average Bonchev–Trinajstić information content (AvgIpc) is 2.84. The first-order chi connectivity index (χ1) is 16.3. The van der Waals surface area contributed by atoms with Gasteiger partial charge in [-0.05, 0) is 68.3 Å². The number of rotatable bonds is 4. The third-order valence-corrected chi connectivity index (χ3v) is 6.82. The fourth-order valence-corrected chi connectivity index (χ4v) is 4.89. The third kappa shape index (κ3) is 3.52. The van der Waals surface area contributed by atoms with Crippen molar-refractivity contribution in [2.75, 3.05) is 26.1 Å². The summed E-state index contributed by atoms with van der Waals surface area (Å²) in [6.07, 6.45) is 4.43. The lowest BCUT2D eigenvalue weighted by Crippen LogP contribution is -2.34. The molecule has 0 amide bonds. The molecule has 0 saturated heterocycles. The van der Waals surface area contributed by atoms with E-state index < -0.39 is 5.60 Å². The molecule has 4 aromatic rings. The highest BCUT2D eigenvalue weighted by Crippen LogP contribution is 2.47. The summed E-state index contributed by atoms with van der Waals surface area (Å²) >= 11 is 0. The Morgan fingerprint density at radius 3 is 2.03 bits per heavy atom. The molecule has 4 aromatic carbocycles. The number of hydrogen-bond donors (Lipinski definition) is 0. The highest BCUT2D eigenvalue weighted by Gasteiger charge is 2.38. The van der Waals surface area contributed by atoms with Crippen LogP contribution in [0.2, 0.25) is 0 Å². The lowest BCUT2D eigenvalue weighted by molar-refractivity contribution is 0.163. The topological polar surface area (TPSA) is 21.7 Å². The van der Waals surface area contributed by atoms with Gasteiger partial charge in [0.2, 0.25) is 0 Å². The number of aryl methyl sites for hydroxylation is 3. The summed E-state index contributed by atoms with van der Waals surface area (Å²) in [6, 6.07) is 23.8. The fourth-order valence-electron chi connectivity index (χ4n) is 4.89. The molecular weight excluding hydrogens is 418 g/mol. The first-order valence-electron chi connectivity index (χ1n) is 11.7. The van der Waals surface area contributed by atoms with Crippen molar-refractivity contribution in [1.29, 1.82) is 0 Å². The van der Waals surface area contributed by atoms with Crippen LogP contribution < -0.4 is 14.4 Å². The maximum Gasteiger partial charge on any atom is 0.178 e. The van der Waals surface area contributed by atoms with Crippen molar-refractivity contribution in [2.45, 2.75) is 26.4 Å². The molecule has 5 rings (SSSR count). The van der Waals surface area contributed by atoms with E-state index in [1.165, 1.54) is 11.1 Å². The Morgan fingerprint density at radius 2 is 1.41 bits per heavy atom. The van der Waals surface area contributed by atoms with E-state index >= 15 is 0 Å². The van der Waals surface area contributed by atoms with Gasteiger partial charge in [-0.2, -0.15) is 0 Å². The maximum absolute atomic E-state index is 7.12. The maximum atomic E-state index is 7.12. The molecular formula is C31H31NO2. The van der Waals surface area contributed by atoms with Crippen LogP contribution in [-0.4, -0.2) is 21.2 Å². The van der Waals surface area contributed by atoms with Crippen molar-refractivity contribution < 1.29 is 9.47 Å². The van der Waals surface area contributed by atoms with Crippen molar-refractivity contribution in [3.8, 4) is 11.5 Å². The van der Waals surface area contributed by atoms with Crippen LogP contribution >= 0.6 is 0 Å². The van der Waals surface area contributed by atoms with E-state index in [2.05, 4.69) is 119 Å². The van der Waals surface area contributed by atoms with Gasteiger partial charge in [0.1, 0.15) is 11.5 Å². The van der Waals surface area contributed by atoms with Crippen LogP contribution in [0.1, 0.15) is 33.4 Å². The summed E-state index contributed by atoms with van der Waals surface area (Å²) in [5, 5.41) is 2.14. The average molecular weight is 450 g/mol. The molecule has 0 spiro atoms. The van der Waals surface area contributed by atoms with Gasteiger partial charge in [-0.3, -0.25) is 0 Å². The second-order valence-electron chi connectivity index (χ2n) is 9.48. The van der Waals surface area contributed by atoms with Gasteiger partial charge in [-0.1, -0.05) is 48.0 Å². The molecule has 0 fully saturated rings. The predicted octanol–water partition coefficient (Wildman–Crippen LogP) is 7.19. The number of nitrogens with zero attached hydrogens (tertiary/aromatic N) is 1. The van der Waals surface area contributed by atoms with Gasteiger partial charge in [-0.25, -0.2) is 0 Å². The van der Waals surface area contributed by atoms with Crippen molar-refractivity contribution >= 4 is 22.5 Å². The first-order valence-corrected chi connectivity index (χ1v) is 11.7. The third-order valence-electron chi connectivity index (χ3n) is 6.82. The molecule has 1 atom stereocenters. The normalized spacial score (nSPS) is 16.8. The number of hydrogen-bond acceptors (Lipinski definition) is 3. The van der Waals surface area contributed by atoms with E-state index in [0.29, 0.717) is 0 Å². The lowest BCUT2D eigenvalue weighted by atomic mass is 9.82. The Bertz CT molecular complexity index is 1400. The molecule has 1 aliphatic rings. The molecule has 0 aliphatic carbocycles. The smallest absolute Gasteiger partial charge is 0.178 e. The Balaban J connectivity index is 1.78. The summed E-state index contributed by atoms with van der Waals surface area (Å²) < 4.78 is 12.9. The van der Waals surface area contributed by atoms with Crippen molar-refractivity contribution in [3.63, 3.8) is 0 Å². The van der Waals surface area contributed by atoms with Crippen LogP contribution in [0.3, 0.4) is 0 Å². The fraction of sp³-hybridized carbons (Fsp3) is 0.226. The Morgan fingerprint density at radius 1 is 0.765 bits per heavy atom. The number of fused-ring (bicyclic) bond motifs is 3. The number of ether oxygens (including phenoxy) is 2. The van der Waals surface area contributed by atoms with Crippen LogP contribution in [0.4, 0.5) is 5.69 Å². The Labute approximate surface area is 202 Å². The van der Waals surface area contributed by atoms with Gasteiger partial charge in [0.15, 0.2) is 5.60 Å². The summed E-state index contributed by atoms with van der Waals surface area (Å²) in [5.41, 5.74) is 7.28. The van der Waals surface area contributed by atoms with Crippen molar-refractivity contribution in [3.05, 3.63) is 106 Å². The Hall–Kier alpha value is -3.72. The molecule has 34 heavy (non-hydrogen) atoms. The van der Waals surface area contributed by atoms with Gasteiger partial charge < -0.3 is 14.4 Å². The second-order valence-corrected chi connectivity index (χ2v) is 9.48. The molecule has 0 N–H and O–H groups in total. The van der Waals surface area contributed by atoms with Crippen LogP contribution in [0.5, 0.6) is 11.5 Å². The molecule has 1 heterocycles. The van der Waals surface area contributed by atoms with Crippen LogP contribution in [0, 0.1) is 20.8 Å². The van der Waals surface area contributed by atoms with Gasteiger partial charge >= 0.3 is 0 Å². The number of benzene rings is 4. The van der Waals surface area contributed by atoms with Crippen LogP contribution in [0.25, 0.3) is 16.8 Å². The van der Waals surface area contributed by atoms with Crippen molar-refractivity contribution in [2.24, 2.45) is 0 Å². The summed E-state index contributed by atoms with van der Waals surface area (Å²) in [5.74, 6) is 1.77. The highest BCUT2D eigenvalue weighted by atomic mass is 16.5. The van der Waals surface area contributed by atoms with Gasteiger partial charge in [0.05, 0.1) is 7.11 Å². The lowest BCUT2D eigenvalue weighted by Gasteiger charge is -2.37. The zero-order valence-corrected chi connectivity index (χ0v) is 20.8. The first kappa shape index (κ1) is 22.1. The Kier molecular flexibility index (Phi) is 5.36. The second kappa shape index (κ2) is 8.25. The van der Waals surface area contributed by atoms with Crippen LogP contribution in [-0.2, 0) is 5.60 Å². The van der Waals surface area contributed by atoms with E-state index in [-0.39, 0.29) is 0 Å². The summed E-state index contributed by atoms with van der Waals surface area (Å²) in [4.78, 5) is 2.11. The highest BCUT2D eigenvalue weighted by molar-refractivity contribution is 5.98. The van der Waals surface area contributed by atoms with Gasteiger partial charge in [-0.15, -0.1) is 0 Å². The van der Waals surface area contributed by atoms with Crippen molar-refractivity contribution in [1.82, 2.24) is 0 Å². The largest absolute Gasteiger partial charge is 0.496 e. The molecule has 0 bridgehead atoms. The molecule has 3 nitrogen and oxygen atoms in total. The minimum atomic E-state index is -0.733. The van der Waals surface area contributed by atoms with Gasteiger partial charge in [0.25, 0.3) is 0 Å². The zero-order valence-electron chi connectivity index (χ0n) is 20.8. The van der Waals surface area contributed by atoms with E-state index in [1.807, 2.05) is 0 Å². The number of methoxy groups -OCH3 is 1. The SMILES string of the molecule is COc1cc(C)cc2c3c(c(C)cc12)C=CC(c1ccc(C)cc1)(c1ccc(N(C)C)cc1)O3. The van der Waals surface area contributed by atoms with E-state index in [9.17, 15) is 0 Å². The van der Waals surface area contributed by atoms with E-state index in [1.54, 1.807) is 7.11 Å². The standard InChI is InChI=1S/C31H31NO2/c1-20-7-9-23(10-8-20)31(24-11-13-25(14-12-24)32(4)5)16-15-26-22(3)19-27-28(30(26)34-31)17-21(2)18-29(27)33-6/h7-19H,1-6H3. The summed E-state index contributed by atoms with van der Waals surface area (Å²) in [6.45, 7) is 6.34. The summed E-state index contributed by atoms with van der Waals surface area (Å²) in [7, 11) is 5.85. The molecule has 0 saturated carbocycles. The molecule has 0 radical (unpaired) electrons. The quantitative estimate of drug-likeness (QED) is 0.329. The molecule has 0 aromatic heterocycles. The van der Waals surface area contributed by atoms with E-state index in [0.717, 1.165) is 50.2 Å². The minimum absolute atomic E-state index is 0.733. The predicted molar refractivity (Wildman–Crippen MR) is 142 cm³/mol. The monoisotopic (exact) mass is 449 g/mol. The molecule has 172 valence electrons. The molecule has 1 aliphatic heterocycles. The van der Waals surface area contributed by atoms with Gasteiger partial charge in [0, 0.05) is 47.2 Å².